The molecular formula is C14H14N4S. The van der Waals surface area contributed by atoms with E-state index in [0.717, 1.165) is 27.4 Å². The lowest BCUT2D eigenvalue weighted by molar-refractivity contribution is 1.17. The zero-order chi connectivity index (χ0) is 13.4. The van der Waals surface area contributed by atoms with Gasteiger partial charge in [0.2, 0.25) is 0 Å². The highest BCUT2D eigenvalue weighted by molar-refractivity contribution is 7.09. The lowest BCUT2D eigenvalue weighted by Gasteiger charge is -2.07. The molecule has 0 saturated heterocycles. The van der Waals surface area contributed by atoms with Crippen LogP contribution in [0.3, 0.4) is 0 Å². The number of fused-ring (bicyclic) bond motifs is 1. The first-order valence-corrected chi connectivity index (χ1v) is 6.94. The standard InChI is InChI=1S/C14H14N4S/c1-8-4-5-11-10(6-8)13(15-3)18-14(17-11)12-7-19-9(2)16-12/h4-7H,1-3H3,(H,15,17,18). The van der Waals surface area contributed by atoms with Gasteiger partial charge in [-0.25, -0.2) is 15.0 Å². The van der Waals surface area contributed by atoms with Gasteiger partial charge in [-0.3, -0.25) is 0 Å². The monoisotopic (exact) mass is 270 g/mol. The van der Waals surface area contributed by atoms with Crippen molar-refractivity contribution in [1.29, 1.82) is 0 Å². The zero-order valence-corrected chi connectivity index (χ0v) is 11.9. The van der Waals surface area contributed by atoms with Gasteiger partial charge < -0.3 is 5.32 Å². The summed E-state index contributed by atoms with van der Waals surface area (Å²) >= 11 is 1.61. The Hall–Kier alpha value is -2.01. The van der Waals surface area contributed by atoms with Crippen molar-refractivity contribution in [2.24, 2.45) is 0 Å². The molecule has 5 heteroatoms. The maximum absolute atomic E-state index is 4.60. The van der Waals surface area contributed by atoms with Gasteiger partial charge in [-0.2, -0.15) is 0 Å². The zero-order valence-electron chi connectivity index (χ0n) is 11.1. The molecule has 3 rings (SSSR count). The maximum atomic E-state index is 4.60. The van der Waals surface area contributed by atoms with E-state index in [1.807, 2.05) is 25.4 Å². The van der Waals surface area contributed by atoms with E-state index in [9.17, 15) is 0 Å². The van der Waals surface area contributed by atoms with Gasteiger partial charge in [-0.15, -0.1) is 11.3 Å². The average Bonchev–Trinajstić information content (AvgIpc) is 2.84. The van der Waals surface area contributed by atoms with Crippen molar-refractivity contribution in [3.8, 4) is 11.5 Å². The number of thiazole rings is 1. The van der Waals surface area contributed by atoms with Crippen LogP contribution >= 0.6 is 11.3 Å². The van der Waals surface area contributed by atoms with Crippen molar-refractivity contribution in [1.82, 2.24) is 15.0 Å². The number of nitrogens with one attached hydrogen (secondary N) is 1. The van der Waals surface area contributed by atoms with E-state index < -0.39 is 0 Å². The van der Waals surface area contributed by atoms with Gasteiger partial charge in [-0.05, 0) is 26.0 Å². The molecule has 2 aromatic heterocycles. The minimum absolute atomic E-state index is 0.671. The van der Waals surface area contributed by atoms with Gasteiger partial charge in [0.15, 0.2) is 5.82 Å². The summed E-state index contributed by atoms with van der Waals surface area (Å²) in [6, 6.07) is 6.18. The Morgan fingerprint density at radius 1 is 1.11 bits per heavy atom. The first kappa shape index (κ1) is 12.0. The summed E-state index contributed by atoms with van der Waals surface area (Å²) in [7, 11) is 1.88. The molecule has 2 heterocycles. The van der Waals surface area contributed by atoms with Crippen molar-refractivity contribution < 1.29 is 0 Å². The number of benzene rings is 1. The number of hydrogen-bond donors (Lipinski definition) is 1. The molecule has 96 valence electrons. The molecule has 3 aromatic rings. The van der Waals surface area contributed by atoms with E-state index in [-0.39, 0.29) is 0 Å². The van der Waals surface area contributed by atoms with Crippen LogP contribution in [-0.4, -0.2) is 22.0 Å². The van der Waals surface area contributed by atoms with E-state index in [2.05, 4.69) is 39.3 Å². The second kappa shape index (κ2) is 4.59. The SMILES string of the molecule is CNc1nc(-c2csc(C)n2)nc2ccc(C)cc12. The summed E-state index contributed by atoms with van der Waals surface area (Å²) in [5.74, 6) is 1.51. The van der Waals surface area contributed by atoms with E-state index in [1.165, 1.54) is 5.56 Å². The molecule has 1 aromatic carbocycles. The van der Waals surface area contributed by atoms with E-state index >= 15 is 0 Å². The normalized spacial score (nSPS) is 10.9. The molecule has 0 aliphatic carbocycles. The van der Waals surface area contributed by atoms with Crippen LogP contribution in [0.5, 0.6) is 0 Å². The highest BCUT2D eigenvalue weighted by Gasteiger charge is 2.10. The molecule has 0 fully saturated rings. The Morgan fingerprint density at radius 2 is 1.95 bits per heavy atom. The third kappa shape index (κ3) is 2.17. The molecule has 0 bridgehead atoms. The minimum Gasteiger partial charge on any atom is -0.373 e. The quantitative estimate of drug-likeness (QED) is 0.775. The van der Waals surface area contributed by atoms with E-state index in [1.54, 1.807) is 11.3 Å². The summed E-state index contributed by atoms with van der Waals surface area (Å²) in [5, 5.41) is 7.19. The van der Waals surface area contributed by atoms with Gasteiger partial charge in [0, 0.05) is 17.8 Å². The van der Waals surface area contributed by atoms with E-state index in [4.69, 9.17) is 0 Å². The first-order valence-electron chi connectivity index (χ1n) is 6.06. The van der Waals surface area contributed by atoms with Crippen LogP contribution < -0.4 is 5.32 Å². The Morgan fingerprint density at radius 3 is 2.63 bits per heavy atom. The number of aryl methyl sites for hydroxylation is 2. The number of anilines is 1. The molecule has 0 radical (unpaired) electrons. The lowest BCUT2D eigenvalue weighted by atomic mass is 10.1. The Balaban J connectivity index is 2.25. The molecule has 0 saturated carbocycles. The largest absolute Gasteiger partial charge is 0.373 e. The second-order valence-electron chi connectivity index (χ2n) is 4.42. The summed E-state index contributed by atoms with van der Waals surface area (Å²) in [4.78, 5) is 13.6. The van der Waals surface area contributed by atoms with Gasteiger partial charge in [0.25, 0.3) is 0 Å². The van der Waals surface area contributed by atoms with Crippen LogP contribution in [0.2, 0.25) is 0 Å². The predicted molar refractivity (Wildman–Crippen MR) is 79.7 cm³/mol. The Bertz CT molecular complexity index is 748. The van der Waals surface area contributed by atoms with Crippen molar-refractivity contribution >= 4 is 28.1 Å². The van der Waals surface area contributed by atoms with Gasteiger partial charge in [0.1, 0.15) is 11.5 Å². The molecule has 1 N–H and O–H groups in total. The molecule has 0 atom stereocenters. The maximum Gasteiger partial charge on any atom is 0.181 e. The molecule has 19 heavy (non-hydrogen) atoms. The predicted octanol–water partition coefficient (Wildman–Crippen LogP) is 3.41. The summed E-state index contributed by atoms with van der Waals surface area (Å²) in [5.41, 5.74) is 2.97. The van der Waals surface area contributed by atoms with Crippen LogP contribution in [0.25, 0.3) is 22.4 Å². The van der Waals surface area contributed by atoms with Gasteiger partial charge >= 0.3 is 0 Å². The molecule has 0 unspecified atom stereocenters. The number of hydrogen-bond acceptors (Lipinski definition) is 5. The van der Waals surface area contributed by atoms with Gasteiger partial charge in [-0.1, -0.05) is 11.6 Å². The second-order valence-corrected chi connectivity index (χ2v) is 5.48. The third-order valence-electron chi connectivity index (χ3n) is 2.94. The highest BCUT2D eigenvalue weighted by Crippen LogP contribution is 2.26. The fourth-order valence-electron chi connectivity index (χ4n) is 2.01. The lowest BCUT2D eigenvalue weighted by Crippen LogP contribution is -1.99. The Labute approximate surface area is 115 Å². The minimum atomic E-state index is 0.671. The summed E-state index contributed by atoms with van der Waals surface area (Å²) < 4.78 is 0. The van der Waals surface area contributed by atoms with Crippen molar-refractivity contribution in [3.05, 3.63) is 34.2 Å². The van der Waals surface area contributed by atoms with Crippen molar-refractivity contribution in [2.75, 3.05) is 12.4 Å². The van der Waals surface area contributed by atoms with Gasteiger partial charge in [0.05, 0.1) is 10.5 Å². The molecule has 4 nitrogen and oxygen atoms in total. The molecular weight excluding hydrogens is 256 g/mol. The number of rotatable bonds is 2. The van der Waals surface area contributed by atoms with Crippen LogP contribution in [0.15, 0.2) is 23.6 Å². The topological polar surface area (TPSA) is 50.7 Å². The highest BCUT2D eigenvalue weighted by atomic mass is 32.1. The third-order valence-corrected chi connectivity index (χ3v) is 3.71. The van der Waals surface area contributed by atoms with Crippen molar-refractivity contribution in [2.45, 2.75) is 13.8 Å². The van der Waals surface area contributed by atoms with Crippen LogP contribution in [-0.2, 0) is 0 Å². The average molecular weight is 270 g/mol. The number of aromatic nitrogens is 3. The van der Waals surface area contributed by atoms with Crippen LogP contribution in [0.4, 0.5) is 5.82 Å². The fraction of sp³-hybridized carbons (Fsp3) is 0.214. The van der Waals surface area contributed by atoms with Crippen LogP contribution in [0.1, 0.15) is 10.6 Å². The first-order chi connectivity index (χ1) is 9.17. The summed E-state index contributed by atoms with van der Waals surface area (Å²) in [6.07, 6.45) is 0. The number of nitrogens with zero attached hydrogens (tertiary/aromatic N) is 3. The molecule has 0 aliphatic rings. The van der Waals surface area contributed by atoms with Crippen LogP contribution in [0, 0.1) is 13.8 Å². The molecule has 0 amide bonds. The smallest absolute Gasteiger partial charge is 0.181 e. The molecule has 0 aliphatic heterocycles. The van der Waals surface area contributed by atoms with E-state index in [0.29, 0.717) is 5.82 Å². The fourth-order valence-corrected chi connectivity index (χ4v) is 2.60. The Kier molecular flexibility index (Phi) is 2.91. The van der Waals surface area contributed by atoms with Crippen molar-refractivity contribution in [3.63, 3.8) is 0 Å². The summed E-state index contributed by atoms with van der Waals surface area (Å²) in [6.45, 7) is 4.05. The molecule has 0 spiro atoms.